The molecular formula is C9H15N5O3S2. The van der Waals surface area contributed by atoms with Gasteiger partial charge < -0.3 is 10.6 Å². The van der Waals surface area contributed by atoms with E-state index < -0.39 is 10.0 Å². The molecule has 0 atom stereocenters. The molecule has 1 saturated heterocycles. The molecule has 0 saturated carbocycles. The highest BCUT2D eigenvalue weighted by molar-refractivity contribution is 7.91. The normalized spacial score (nSPS) is 17.3. The predicted molar refractivity (Wildman–Crippen MR) is 70.4 cm³/mol. The maximum absolute atomic E-state index is 12.1. The average Bonchev–Trinajstić information content (AvgIpc) is 2.78. The van der Waals surface area contributed by atoms with Crippen LogP contribution in [0.1, 0.15) is 19.8 Å². The quantitative estimate of drug-likeness (QED) is 0.648. The first-order chi connectivity index (χ1) is 8.97. The van der Waals surface area contributed by atoms with Crippen molar-refractivity contribution in [2.24, 2.45) is 0 Å². The third kappa shape index (κ3) is 3.93. The van der Waals surface area contributed by atoms with Crippen molar-refractivity contribution in [1.82, 2.24) is 20.2 Å². The standard InChI is InChI=1S/C9H15N5O3S2/c1-6(15)11-8-12-13-9(18-8)19(16,17)14-7-2-4-10-5-3-7/h7,10,14H,2-5H2,1H3,(H,11,12,15). The summed E-state index contributed by atoms with van der Waals surface area (Å²) in [5, 5.41) is 13.0. The summed E-state index contributed by atoms with van der Waals surface area (Å²) in [7, 11) is -3.66. The molecule has 1 aliphatic heterocycles. The highest BCUT2D eigenvalue weighted by Crippen LogP contribution is 2.20. The number of nitrogens with zero attached hydrogens (tertiary/aromatic N) is 2. The van der Waals surface area contributed by atoms with Crippen molar-refractivity contribution in [3.05, 3.63) is 0 Å². The van der Waals surface area contributed by atoms with Crippen molar-refractivity contribution >= 4 is 32.4 Å². The van der Waals surface area contributed by atoms with E-state index in [4.69, 9.17) is 0 Å². The van der Waals surface area contributed by atoms with Crippen molar-refractivity contribution in [1.29, 1.82) is 0 Å². The van der Waals surface area contributed by atoms with Crippen LogP contribution in [0.4, 0.5) is 5.13 Å². The van der Waals surface area contributed by atoms with Gasteiger partial charge in [-0.25, -0.2) is 13.1 Å². The number of carbonyl (C=O) groups is 1. The van der Waals surface area contributed by atoms with Crippen LogP contribution in [0.5, 0.6) is 0 Å². The van der Waals surface area contributed by atoms with Gasteiger partial charge in [-0.2, -0.15) is 0 Å². The van der Waals surface area contributed by atoms with E-state index in [1.807, 2.05) is 0 Å². The molecule has 3 N–H and O–H groups in total. The number of carbonyl (C=O) groups excluding carboxylic acids is 1. The summed E-state index contributed by atoms with van der Waals surface area (Å²) < 4.78 is 26.6. The summed E-state index contributed by atoms with van der Waals surface area (Å²) in [5.41, 5.74) is 0. The smallest absolute Gasteiger partial charge is 0.270 e. The molecule has 0 bridgehead atoms. The highest BCUT2D eigenvalue weighted by Gasteiger charge is 2.25. The minimum atomic E-state index is -3.66. The van der Waals surface area contributed by atoms with E-state index in [0.717, 1.165) is 37.3 Å². The molecule has 0 spiro atoms. The average molecular weight is 305 g/mol. The summed E-state index contributed by atoms with van der Waals surface area (Å²) in [6.45, 7) is 2.91. The summed E-state index contributed by atoms with van der Waals surface area (Å²) in [6.07, 6.45) is 1.49. The zero-order chi connectivity index (χ0) is 13.9. The Bertz CT molecular complexity index is 550. The Kier molecular flexibility index (Phi) is 4.45. The number of sulfonamides is 1. The van der Waals surface area contributed by atoms with Crippen LogP contribution < -0.4 is 15.4 Å². The van der Waals surface area contributed by atoms with Gasteiger partial charge in [0.15, 0.2) is 0 Å². The lowest BCUT2D eigenvalue weighted by Crippen LogP contribution is -2.42. The van der Waals surface area contributed by atoms with Crippen molar-refractivity contribution in [3.63, 3.8) is 0 Å². The zero-order valence-electron chi connectivity index (χ0n) is 10.3. The number of rotatable bonds is 4. The molecule has 10 heteroatoms. The Hall–Kier alpha value is -1.10. The topological polar surface area (TPSA) is 113 Å². The van der Waals surface area contributed by atoms with Gasteiger partial charge in [-0.15, -0.1) is 10.2 Å². The van der Waals surface area contributed by atoms with Gasteiger partial charge in [-0.3, -0.25) is 4.79 Å². The number of hydrogen-bond acceptors (Lipinski definition) is 7. The minimum Gasteiger partial charge on any atom is -0.317 e. The van der Waals surface area contributed by atoms with E-state index in [1.54, 1.807) is 0 Å². The number of aromatic nitrogens is 2. The molecule has 0 aromatic carbocycles. The molecule has 1 aromatic rings. The van der Waals surface area contributed by atoms with Gasteiger partial charge in [0, 0.05) is 13.0 Å². The first kappa shape index (κ1) is 14.3. The first-order valence-corrected chi connectivity index (χ1v) is 8.11. The summed E-state index contributed by atoms with van der Waals surface area (Å²) in [5.74, 6) is -0.314. The van der Waals surface area contributed by atoms with Crippen LogP contribution in [0.2, 0.25) is 0 Å². The van der Waals surface area contributed by atoms with E-state index in [9.17, 15) is 13.2 Å². The molecule has 106 valence electrons. The Morgan fingerprint density at radius 2 is 2.05 bits per heavy atom. The summed E-state index contributed by atoms with van der Waals surface area (Å²) in [6, 6.07) is -0.0839. The predicted octanol–water partition coefficient (Wildman–Crippen LogP) is -0.473. The van der Waals surface area contributed by atoms with Gasteiger partial charge in [0.05, 0.1) is 0 Å². The van der Waals surface area contributed by atoms with Crippen LogP contribution in [0.15, 0.2) is 4.34 Å². The monoisotopic (exact) mass is 305 g/mol. The Balaban J connectivity index is 2.06. The maximum atomic E-state index is 12.1. The number of anilines is 1. The third-order valence-electron chi connectivity index (χ3n) is 2.58. The van der Waals surface area contributed by atoms with Gasteiger partial charge in [0.2, 0.25) is 15.4 Å². The van der Waals surface area contributed by atoms with Gasteiger partial charge >= 0.3 is 0 Å². The van der Waals surface area contributed by atoms with E-state index in [2.05, 4.69) is 25.6 Å². The molecule has 0 aliphatic carbocycles. The largest absolute Gasteiger partial charge is 0.317 e. The SMILES string of the molecule is CC(=O)Nc1nnc(S(=O)(=O)NC2CCNCC2)s1. The van der Waals surface area contributed by atoms with Crippen LogP contribution >= 0.6 is 11.3 Å². The van der Waals surface area contributed by atoms with Gasteiger partial charge in [0.25, 0.3) is 10.0 Å². The van der Waals surface area contributed by atoms with E-state index in [-0.39, 0.29) is 21.4 Å². The second-order valence-electron chi connectivity index (χ2n) is 4.20. The number of nitrogens with one attached hydrogen (secondary N) is 3. The number of amides is 1. The van der Waals surface area contributed by atoms with Crippen molar-refractivity contribution in [3.8, 4) is 0 Å². The molecule has 19 heavy (non-hydrogen) atoms. The Labute approximate surface area is 115 Å². The molecule has 2 heterocycles. The van der Waals surface area contributed by atoms with Crippen LogP contribution in [-0.2, 0) is 14.8 Å². The lowest BCUT2D eigenvalue weighted by molar-refractivity contribution is -0.114. The van der Waals surface area contributed by atoms with Gasteiger partial charge in [-0.05, 0) is 25.9 Å². The zero-order valence-corrected chi connectivity index (χ0v) is 12.0. The number of hydrogen-bond donors (Lipinski definition) is 3. The van der Waals surface area contributed by atoms with E-state index in [1.165, 1.54) is 6.92 Å². The van der Waals surface area contributed by atoms with Crippen LogP contribution in [0, 0.1) is 0 Å². The fourth-order valence-corrected chi connectivity index (χ4v) is 4.00. The van der Waals surface area contributed by atoms with E-state index in [0.29, 0.717) is 0 Å². The second kappa shape index (κ2) is 5.90. The highest BCUT2D eigenvalue weighted by atomic mass is 32.2. The van der Waals surface area contributed by atoms with Crippen molar-refractivity contribution in [2.45, 2.75) is 30.1 Å². The lowest BCUT2D eigenvalue weighted by Gasteiger charge is -2.22. The number of piperidine rings is 1. The van der Waals surface area contributed by atoms with Crippen molar-refractivity contribution in [2.75, 3.05) is 18.4 Å². The third-order valence-corrected chi connectivity index (χ3v) is 5.31. The molecule has 8 nitrogen and oxygen atoms in total. The molecule has 1 aliphatic rings. The molecule has 2 rings (SSSR count). The molecule has 0 unspecified atom stereocenters. The molecular weight excluding hydrogens is 290 g/mol. The van der Waals surface area contributed by atoms with Gasteiger partial charge in [0.1, 0.15) is 0 Å². The first-order valence-electron chi connectivity index (χ1n) is 5.81. The minimum absolute atomic E-state index is 0.0839. The van der Waals surface area contributed by atoms with Crippen molar-refractivity contribution < 1.29 is 13.2 Å². The lowest BCUT2D eigenvalue weighted by atomic mass is 10.1. The van der Waals surface area contributed by atoms with E-state index >= 15 is 0 Å². The molecule has 1 fully saturated rings. The molecule has 1 amide bonds. The van der Waals surface area contributed by atoms with Crippen LogP contribution in [0.3, 0.4) is 0 Å². The van der Waals surface area contributed by atoms with Crippen LogP contribution in [0.25, 0.3) is 0 Å². The summed E-state index contributed by atoms with van der Waals surface area (Å²) in [4.78, 5) is 10.8. The molecule has 0 radical (unpaired) electrons. The molecule has 1 aromatic heterocycles. The van der Waals surface area contributed by atoms with Gasteiger partial charge in [-0.1, -0.05) is 11.3 Å². The second-order valence-corrected chi connectivity index (χ2v) is 7.07. The Morgan fingerprint density at radius 3 is 2.68 bits per heavy atom. The van der Waals surface area contributed by atoms with Crippen LogP contribution in [-0.4, -0.2) is 43.7 Å². The summed E-state index contributed by atoms with van der Waals surface area (Å²) >= 11 is 0.836. The maximum Gasteiger partial charge on any atom is 0.270 e. The fourth-order valence-electron chi connectivity index (χ4n) is 1.73. The Morgan fingerprint density at radius 1 is 1.37 bits per heavy atom. The fraction of sp³-hybridized carbons (Fsp3) is 0.667.